The molecule has 1 heterocycles. The third-order valence-corrected chi connectivity index (χ3v) is 4.94. The number of ether oxygens (including phenoxy) is 1. The summed E-state index contributed by atoms with van der Waals surface area (Å²) < 4.78 is 5.51. The van der Waals surface area contributed by atoms with Crippen molar-refractivity contribution >= 4 is 5.91 Å². The first-order valence-electron chi connectivity index (χ1n) is 9.12. The molecule has 3 rings (SSSR count). The van der Waals surface area contributed by atoms with E-state index in [0.29, 0.717) is 18.2 Å². The zero-order valence-electron chi connectivity index (χ0n) is 15.2. The molecule has 5 heteroatoms. The fourth-order valence-electron chi connectivity index (χ4n) is 3.29. The van der Waals surface area contributed by atoms with E-state index < -0.39 is 0 Å². The molecule has 1 N–H and O–H groups in total. The topological polar surface area (TPSA) is 53.0 Å². The maximum Gasteiger partial charge on any atom is 0.226 e. The van der Waals surface area contributed by atoms with Crippen molar-refractivity contribution in [3.63, 3.8) is 0 Å². The molecule has 0 saturated carbocycles. The fourth-order valence-corrected chi connectivity index (χ4v) is 3.29. The first kappa shape index (κ1) is 18.3. The number of rotatable bonds is 6. The van der Waals surface area contributed by atoms with Crippen LogP contribution in [0.1, 0.15) is 24.9 Å². The number of piperazine rings is 1. The number of benzene rings is 2. The molecule has 138 valence electrons. The molecule has 1 amide bonds. The van der Waals surface area contributed by atoms with E-state index in [-0.39, 0.29) is 18.3 Å². The Kier molecular flexibility index (Phi) is 6.12. The number of carbonyl (C=O) groups excluding carboxylic acids is 1. The maximum absolute atomic E-state index is 12.4. The van der Waals surface area contributed by atoms with Gasteiger partial charge in [-0.2, -0.15) is 0 Å². The van der Waals surface area contributed by atoms with E-state index in [4.69, 9.17) is 4.74 Å². The highest BCUT2D eigenvalue weighted by atomic mass is 16.5. The Morgan fingerprint density at radius 3 is 2.38 bits per heavy atom. The molecule has 1 aliphatic rings. The van der Waals surface area contributed by atoms with Crippen molar-refractivity contribution in [2.75, 3.05) is 32.8 Å². The van der Waals surface area contributed by atoms with E-state index in [0.717, 1.165) is 26.2 Å². The average Bonchev–Trinajstić information content (AvgIpc) is 2.69. The van der Waals surface area contributed by atoms with E-state index in [1.54, 1.807) is 24.3 Å². The van der Waals surface area contributed by atoms with Crippen molar-refractivity contribution in [1.29, 1.82) is 0 Å². The summed E-state index contributed by atoms with van der Waals surface area (Å²) in [4.78, 5) is 16.7. The van der Waals surface area contributed by atoms with Gasteiger partial charge in [-0.1, -0.05) is 42.5 Å². The molecule has 0 radical (unpaired) electrons. The Labute approximate surface area is 154 Å². The van der Waals surface area contributed by atoms with Gasteiger partial charge in [0, 0.05) is 32.2 Å². The molecule has 1 aliphatic heterocycles. The number of phenolic OH excluding ortho intramolecular Hbond substituents is 1. The molecular formula is C21H26N2O3. The Hall–Kier alpha value is -2.53. The molecule has 1 saturated heterocycles. The number of amides is 1. The SMILES string of the molecule is CC(c1ccccc1)N1CCN(C(=O)CCOc2ccccc2O)CC1. The highest BCUT2D eigenvalue weighted by Gasteiger charge is 2.24. The second kappa shape index (κ2) is 8.72. The summed E-state index contributed by atoms with van der Waals surface area (Å²) in [5, 5.41) is 9.67. The van der Waals surface area contributed by atoms with Gasteiger partial charge in [-0.25, -0.2) is 0 Å². The molecular weight excluding hydrogens is 328 g/mol. The summed E-state index contributed by atoms with van der Waals surface area (Å²) in [5.74, 6) is 0.623. The van der Waals surface area contributed by atoms with Gasteiger partial charge in [-0.3, -0.25) is 9.69 Å². The van der Waals surface area contributed by atoms with E-state index in [1.807, 2.05) is 11.0 Å². The van der Waals surface area contributed by atoms with Gasteiger partial charge < -0.3 is 14.7 Å². The van der Waals surface area contributed by atoms with Gasteiger partial charge in [0.05, 0.1) is 13.0 Å². The Morgan fingerprint density at radius 1 is 1.04 bits per heavy atom. The molecule has 1 unspecified atom stereocenters. The number of hydrogen-bond donors (Lipinski definition) is 1. The molecule has 2 aromatic rings. The first-order chi connectivity index (χ1) is 12.6. The lowest BCUT2D eigenvalue weighted by molar-refractivity contribution is -0.133. The van der Waals surface area contributed by atoms with Gasteiger partial charge in [0.1, 0.15) is 0 Å². The van der Waals surface area contributed by atoms with Crippen molar-refractivity contribution in [1.82, 2.24) is 9.80 Å². The number of para-hydroxylation sites is 2. The van der Waals surface area contributed by atoms with Crippen LogP contribution >= 0.6 is 0 Å². The van der Waals surface area contributed by atoms with Crippen molar-refractivity contribution in [2.24, 2.45) is 0 Å². The van der Waals surface area contributed by atoms with E-state index >= 15 is 0 Å². The number of aromatic hydroxyl groups is 1. The molecule has 2 aromatic carbocycles. The van der Waals surface area contributed by atoms with Gasteiger partial charge >= 0.3 is 0 Å². The molecule has 5 nitrogen and oxygen atoms in total. The fraction of sp³-hybridized carbons (Fsp3) is 0.381. The summed E-state index contributed by atoms with van der Waals surface area (Å²) in [7, 11) is 0. The molecule has 0 bridgehead atoms. The van der Waals surface area contributed by atoms with Crippen LogP contribution in [0.3, 0.4) is 0 Å². The van der Waals surface area contributed by atoms with E-state index in [2.05, 4.69) is 36.1 Å². The Morgan fingerprint density at radius 2 is 1.69 bits per heavy atom. The normalized spacial score (nSPS) is 16.3. The molecule has 0 spiro atoms. The third-order valence-electron chi connectivity index (χ3n) is 4.94. The van der Waals surface area contributed by atoms with Crippen molar-refractivity contribution < 1.29 is 14.6 Å². The summed E-state index contributed by atoms with van der Waals surface area (Å²) in [6, 6.07) is 17.6. The number of phenols is 1. The van der Waals surface area contributed by atoms with Crippen LogP contribution in [0, 0.1) is 0 Å². The maximum atomic E-state index is 12.4. The van der Waals surface area contributed by atoms with Crippen LogP contribution in [0.4, 0.5) is 0 Å². The minimum atomic E-state index is 0.100. The van der Waals surface area contributed by atoms with Crippen molar-refractivity contribution in [3.8, 4) is 11.5 Å². The lowest BCUT2D eigenvalue weighted by Gasteiger charge is -2.38. The number of hydrogen-bond acceptors (Lipinski definition) is 4. The van der Waals surface area contributed by atoms with E-state index in [9.17, 15) is 9.90 Å². The van der Waals surface area contributed by atoms with Crippen LogP contribution in [0.2, 0.25) is 0 Å². The van der Waals surface area contributed by atoms with E-state index in [1.165, 1.54) is 5.56 Å². The second-order valence-electron chi connectivity index (χ2n) is 6.57. The quantitative estimate of drug-likeness (QED) is 0.866. The van der Waals surface area contributed by atoms with Crippen LogP contribution in [-0.2, 0) is 4.79 Å². The average molecular weight is 354 g/mol. The summed E-state index contributed by atoms with van der Waals surface area (Å²) in [5.41, 5.74) is 1.31. The standard InChI is InChI=1S/C21H26N2O3/c1-17(18-7-3-2-4-8-18)22-12-14-23(15-13-22)21(25)11-16-26-20-10-6-5-9-19(20)24/h2-10,17,24H,11-16H2,1H3. The van der Waals surface area contributed by atoms with Gasteiger partial charge in [0.2, 0.25) is 5.91 Å². The number of nitrogens with zero attached hydrogens (tertiary/aromatic N) is 2. The van der Waals surface area contributed by atoms with Crippen LogP contribution in [0.15, 0.2) is 54.6 Å². The lowest BCUT2D eigenvalue weighted by Crippen LogP contribution is -2.49. The zero-order chi connectivity index (χ0) is 18.4. The minimum absolute atomic E-state index is 0.100. The molecule has 0 aromatic heterocycles. The lowest BCUT2D eigenvalue weighted by atomic mass is 10.1. The largest absolute Gasteiger partial charge is 0.504 e. The van der Waals surface area contributed by atoms with Crippen LogP contribution < -0.4 is 4.74 Å². The summed E-state index contributed by atoms with van der Waals surface area (Å²) >= 11 is 0. The molecule has 26 heavy (non-hydrogen) atoms. The van der Waals surface area contributed by atoms with Crippen molar-refractivity contribution in [2.45, 2.75) is 19.4 Å². The van der Waals surface area contributed by atoms with Gasteiger partial charge in [-0.15, -0.1) is 0 Å². The molecule has 0 aliphatic carbocycles. The summed E-state index contributed by atoms with van der Waals surface area (Å²) in [6.45, 7) is 5.73. The highest BCUT2D eigenvalue weighted by Crippen LogP contribution is 2.24. The molecule has 1 fully saturated rings. The highest BCUT2D eigenvalue weighted by molar-refractivity contribution is 5.76. The monoisotopic (exact) mass is 354 g/mol. The van der Waals surface area contributed by atoms with Gasteiger partial charge in [0.25, 0.3) is 0 Å². The predicted molar refractivity (Wildman–Crippen MR) is 101 cm³/mol. The van der Waals surface area contributed by atoms with Gasteiger partial charge in [-0.05, 0) is 24.6 Å². The first-order valence-corrected chi connectivity index (χ1v) is 9.12. The summed E-state index contributed by atoms with van der Waals surface area (Å²) in [6.07, 6.45) is 0.322. The van der Waals surface area contributed by atoms with Crippen LogP contribution in [-0.4, -0.2) is 53.6 Å². The third kappa shape index (κ3) is 4.55. The van der Waals surface area contributed by atoms with Gasteiger partial charge in [0.15, 0.2) is 11.5 Å². The Balaban J connectivity index is 1.43. The predicted octanol–water partition coefficient (Wildman–Crippen LogP) is 3.07. The second-order valence-corrected chi connectivity index (χ2v) is 6.57. The zero-order valence-corrected chi connectivity index (χ0v) is 15.2. The van der Waals surface area contributed by atoms with Crippen LogP contribution in [0.25, 0.3) is 0 Å². The van der Waals surface area contributed by atoms with Crippen molar-refractivity contribution in [3.05, 3.63) is 60.2 Å². The minimum Gasteiger partial charge on any atom is -0.504 e. The number of carbonyl (C=O) groups is 1. The Bertz CT molecular complexity index is 712. The molecule has 1 atom stereocenters. The smallest absolute Gasteiger partial charge is 0.226 e. The van der Waals surface area contributed by atoms with Crippen LogP contribution in [0.5, 0.6) is 11.5 Å².